The summed E-state index contributed by atoms with van der Waals surface area (Å²) in [5.74, 6) is 0.703. The van der Waals surface area contributed by atoms with Crippen LogP contribution in [0.25, 0.3) is 17.1 Å². The number of hydrogen-bond donors (Lipinski definition) is 1. The number of nitrogens with zero attached hydrogens (tertiary/aromatic N) is 3. The van der Waals surface area contributed by atoms with Crippen LogP contribution in [0, 0.1) is 5.82 Å². The Kier molecular flexibility index (Phi) is 3.84. The fraction of sp³-hybridized carbons (Fsp3) is 0.125. The minimum absolute atomic E-state index is 0.188. The van der Waals surface area contributed by atoms with Gasteiger partial charge in [0.1, 0.15) is 11.6 Å². The quantitative estimate of drug-likeness (QED) is 0.804. The van der Waals surface area contributed by atoms with Crippen molar-refractivity contribution in [3.8, 4) is 23.0 Å². The van der Waals surface area contributed by atoms with Gasteiger partial charge in [-0.3, -0.25) is 4.57 Å². The van der Waals surface area contributed by atoms with Gasteiger partial charge in [0.25, 0.3) is 0 Å². The molecular weight excluding hydrogens is 285 g/mol. The summed E-state index contributed by atoms with van der Waals surface area (Å²) in [7, 11) is 1.54. The maximum Gasteiger partial charge on any atom is 0.213 e. The lowest BCUT2D eigenvalue weighted by atomic mass is 10.1. The Morgan fingerprint density at radius 3 is 2.82 bits per heavy atom. The molecule has 0 saturated carbocycles. The zero-order chi connectivity index (χ0) is 15.5. The van der Waals surface area contributed by atoms with Crippen molar-refractivity contribution in [2.24, 2.45) is 0 Å². The molecule has 1 aromatic carbocycles. The van der Waals surface area contributed by atoms with Crippen molar-refractivity contribution >= 4 is 0 Å². The molecule has 6 heteroatoms. The predicted molar refractivity (Wildman–Crippen MR) is 79.2 cm³/mol. The Bertz CT molecular complexity index is 802. The van der Waals surface area contributed by atoms with Gasteiger partial charge < -0.3 is 9.84 Å². The van der Waals surface area contributed by atoms with E-state index in [-0.39, 0.29) is 12.4 Å². The summed E-state index contributed by atoms with van der Waals surface area (Å²) in [6.45, 7) is -0.188. The van der Waals surface area contributed by atoms with E-state index in [1.54, 1.807) is 41.4 Å². The first-order valence-electron chi connectivity index (χ1n) is 6.66. The minimum atomic E-state index is -0.376. The molecule has 0 bridgehead atoms. The van der Waals surface area contributed by atoms with E-state index in [1.165, 1.54) is 19.2 Å². The highest BCUT2D eigenvalue weighted by Crippen LogP contribution is 2.26. The summed E-state index contributed by atoms with van der Waals surface area (Å²) >= 11 is 0. The average molecular weight is 299 g/mol. The van der Waals surface area contributed by atoms with Crippen LogP contribution in [-0.4, -0.2) is 26.8 Å². The second-order valence-electron chi connectivity index (χ2n) is 4.64. The van der Waals surface area contributed by atoms with Crippen molar-refractivity contribution in [1.29, 1.82) is 0 Å². The molecule has 0 aliphatic rings. The van der Waals surface area contributed by atoms with Crippen molar-refractivity contribution < 1.29 is 14.2 Å². The number of pyridine rings is 1. The second-order valence-corrected chi connectivity index (χ2v) is 4.64. The van der Waals surface area contributed by atoms with E-state index in [0.29, 0.717) is 23.0 Å². The van der Waals surface area contributed by atoms with Crippen LogP contribution in [0.3, 0.4) is 0 Å². The number of aliphatic hydroxyl groups is 1. The van der Waals surface area contributed by atoms with Crippen molar-refractivity contribution in [2.75, 3.05) is 7.11 Å². The molecule has 3 rings (SSSR count). The van der Waals surface area contributed by atoms with Gasteiger partial charge in [0, 0.05) is 35.8 Å². The van der Waals surface area contributed by atoms with Crippen molar-refractivity contribution in [3.63, 3.8) is 0 Å². The Hall–Kier alpha value is -2.73. The van der Waals surface area contributed by atoms with E-state index in [2.05, 4.69) is 9.97 Å². The van der Waals surface area contributed by atoms with Gasteiger partial charge in [-0.05, 0) is 18.2 Å². The molecule has 0 fully saturated rings. The number of rotatable bonds is 4. The van der Waals surface area contributed by atoms with Crippen LogP contribution in [0.15, 0.2) is 48.9 Å². The third-order valence-electron chi connectivity index (χ3n) is 3.32. The summed E-state index contributed by atoms with van der Waals surface area (Å²) in [5.41, 5.74) is 1.94. The zero-order valence-electron chi connectivity index (χ0n) is 11.9. The van der Waals surface area contributed by atoms with E-state index in [4.69, 9.17) is 4.74 Å². The first-order valence-corrected chi connectivity index (χ1v) is 6.66. The maximum atomic E-state index is 13.6. The molecule has 0 aliphatic carbocycles. The summed E-state index contributed by atoms with van der Waals surface area (Å²) in [5, 5.41) is 9.47. The summed E-state index contributed by atoms with van der Waals surface area (Å²) in [6, 6.07) is 7.79. The number of imidazole rings is 1. The Morgan fingerprint density at radius 1 is 1.18 bits per heavy atom. The van der Waals surface area contributed by atoms with Crippen LogP contribution in [0.1, 0.15) is 5.56 Å². The van der Waals surface area contributed by atoms with Crippen LogP contribution in [0.5, 0.6) is 5.88 Å². The Labute approximate surface area is 126 Å². The van der Waals surface area contributed by atoms with Gasteiger partial charge in [-0.1, -0.05) is 6.07 Å². The van der Waals surface area contributed by atoms with Crippen molar-refractivity contribution in [1.82, 2.24) is 14.5 Å². The van der Waals surface area contributed by atoms with Crippen LogP contribution < -0.4 is 4.74 Å². The number of aliphatic hydroxyl groups excluding tert-OH is 1. The van der Waals surface area contributed by atoms with Gasteiger partial charge in [-0.15, -0.1) is 0 Å². The molecule has 0 saturated heterocycles. The molecule has 22 heavy (non-hydrogen) atoms. The lowest BCUT2D eigenvalue weighted by Gasteiger charge is -2.12. The smallest absolute Gasteiger partial charge is 0.213 e. The van der Waals surface area contributed by atoms with Crippen molar-refractivity contribution in [2.45, 2.75) is 6.61 Å². The van der Waals surface area contributed by atoms with E-state index in [9.17, 15) is 9.50 Å². The zero-order valence-corrected chi connectivity index (χ0v) is 11.9. The molecule has 2 heterocycles. The molecule has 0 radical (unpaired) electrons. The van der Waals surface area contributed by atoms with Gasteiger partial charge in [0.15, 0.2) is 0 Å². The first kappa shape index (κ1) is 14.2. The van der Waals surface area contributed by atoms with Crippen LogP contribution in [-0.2, 0) is 6.61 Å². The number of halogens is 1. The molecule has 1 N–H and O–H groups in total. The predicted octanol–water partition coefficient (Wildman–Crippen LogP) is 2.57. The van der Waals surface area contributed by atoms with Crippen molar-refractivity contribution in [3.05, 3.63) is 60.3 Å². The number of benzene rings is 1. The third kappa shape index (κ3) is 2.56. The first-order chi connectivity index (χ1) is 10.7. The number of methoxy groups -OCH3 is 1. The maximum absolute atomic E-state index is 13.6. The molecule has 112 valence electrons. The van der Waals surface area contributed by atoms with Gasteiger partial charge in [0.2, 0.25) is 5.88 Å². The van der Waals surface area contributed by atoms with Crippen LogP contribution in [0.2, 0.25) is 0 Å². The molecule has 0 atom stereocenters. The topological polar surface area (TPSA) is 60.2 Å². The molecule has 0 unspecified atom stereocenters. The fourth-order valence-corrected chi connectivity index (χ4v) is 2.27. The van der Waals surface area contributed by atoms with E-state index in [0.717, 1.165) is 5.56 Å². The number of ether oxygens (including phenoxy) is 1. The molecule has 0 amide bonds. The van der Waals surface area contributed by atoms with Gasteiger partial charge in [0.05, 0.1) is 19.4 Å². The highest BCUT2D eigenvalue weighted by molar-refractivity contribution is 5.60. The SMILES string of the molecule is COc1cc(-c2nccn2-c2cc(F)ccc2CO)ccn1. The summed E-state index contributed by atoms with van der Waals surface area (Å²) in [4.78, 5) is 8.38. The van der Waals surface area contributed by atoms with Gasteiger partial charge >= 0.3 is 0 Å². The lowest BCUT2D eigenvalue weighted by Crippen LogP contribution is -2.02. The molecule has 0 spiro atoms. The normalized spacial score (nSPS) is 10.7. The van der Waals surface area contributed by atoms with Gasteiger partial charge in [-0.25, -0.2) is 14.4 Å². The molecule has 5 nitrogen and oxygen atoms in total. The van der Waals surface area contributed by atoms with E-state index >= 15 is 0 Å². The van der Waals surface area contributed by atoms with Crippen LogP contribution in [0.4, 0.5) is 4.39 Å². The second kappa shape index (κ2) is 5.95. The van der Waals surface area contributed by atoms with Gasteiger partial charge in [-0.2, -0.15) is 0 Å². The highest BCUT2D eigenvalue weighted by Gasteiger charge is 2.12. The van der Waals surface area contributed by atoms with Crippen LogP contribution >= 0.6 is 0 Å². The number of aromatic nitrogens is 3. The molecule has 2 aromatic heterocycles. The Morgan fingerprint density at radius 2 is 2.05 bits per heavy atom. The third-order valence-corrected chi connectivity index (χ3v) is 3.32. The average Bonchev–Trinajstić information content (AvgIpc) is 3.04. The fourth-order valence-electron chi connectivity index (χ4n) is 2.27. The highest BCUT2D eigenvalue weighted by atomic mass is 19.1. The lowest BCUT2D eigenvalue weighted by molar-refractivity contribution is 0.281. The Balaban J connectivity index is 2.15. The minimum Gasteiger partial charge on any atom is -0.481 e. The monoisotopic (exact) mass is 299 g/mol. The summed E-state index contributed by atoms with van der Waals surface area (Å²) in [6.07, 6.45) is 4.95. The largest absolute Gasteiger partial charge is 0.481 e. The summed E-state index contributed by atoms with van der Waals surface area (Å²) < 4.78 is 20.4. The molecular formula is C16H14FN3O2. The van der Waals surface area contributed by atoms with E-state index in [1.807, 2.05) is 0 Å². The molecule has 3 aromatic rings. The number of hydrogen-bond acceptors (Lipinski definition) is 4. The molecule has 0 aliphatic heterocycles. The van der Waals surface area contributed by atoms with E-state index < -0.39 is 0 Å². The standard InChI is InChI=1S/C16H14FN3O2/c1-22-15-8-11(4-5-18-15)16-19-6-7-20(16)14-9-13(17)3-2-12(14)10-21/h2-9,21H,10H2,1H3.